The van der Waals surface area contributed by atoms with E-state index < -0.39 is 5.60 Å². The van der Waals surface area contributed by atoms with Crippen molar-refractivity contribution in [3.63, 3.8) is 0 Å². The van der Waals surface area contributed by atoms with E-state index in [-0.39, 0.29) is 12.0 Å². The molecule has 0 amide bonds. The lowest BCUT2D eigenvalue weighted by Crippen LogP contribution is -2.40. The van der Waals surface area contributed by atoms with Crippen LogP contribution in [0.2, 0.25) is 0 Å². The average Bonchev–Trinajstić information content (AvgIpc) is 3.18. The molecule has 0 spiro atoms. The van der Waals surface area contributed by atoms with E-state index in [4.69, 9.17) is 15.5 Å². The van der Waals surface area contributed by atoms with Gasteiger partial charge in [0, 0.05) is 23.9 Å². The van der Waals surface area contributed by atoms with Gasteiger partial charge in [-0.15, -0.1) is 0 Å². The van der Waals surface area contributed by atoms with Gasteiger partial charge in [0.25, 0.3) is 0 Å². The number of ether oxygens (including phenoxy) is 1. The monoisotopic (exact) mass is 426 g/mol. The Kier molecular flexibility index (Phi) is 4.27. The van der Waals surface area contributed by atoms with Gasteiger partial charge in [0.2, 0.25) is 0 Å². The Bertz CT molecular complexity index is 1300. The maximum Gasteiger partial charge on any atom is 0.150 e. The molecule has 0 saturated heterocycles. The Hall–Kier alpha value is -3.38. The molecule has 6 nitrogen and oxygen atoms in total. The fraction of sp³-hybridized carbons (Fsp3) is 0.308. The number of benzene rings is 2. The van der Waals surface area contributed by atoms with E-state index in [1.807, 2.05) is 23.6 Å². The van der Waals surface area contributed by atoms with Crippen LogP contribution in [0.3, 0.4) is 0 Å². The molecule has 0 unspecified atom stereocenters. The highest BCUT2D eigenvalue weighted by atomic mass is 16.5. The molecule has 1 aliphatic heterocycles. The van der Waals surface area contributed by atoms with Gasteiger partial charge >= 0.3 is 0 Å². The van der Waals surface area contributed by atoms with Crippen LogP contribution in [0, 0.1) is 0 Å². The zero-order valence-electron chi connectivity index (χ0n) is 18.0. The first-order valence-electron chi connectivity index (χ1n) is 11.2. The van der Waals surface area contributed by atoms with Crippen molar-refractivity contribution in [3.05, 3.63) is 77.9 Å². The summed E-state index contributed by atoms with van der Waals surface area (Å²) in [7, 11) is 0. The molecule has 0 radical (unpaired) electrons. The maximum atomic E-state index is 10.3. The van der Waals surface area contributed by atoms with Crippen LogP contribution in [-0.2, 0) is 6.42 Å². The molecule has 3 heterocycles. The standard InChI is InChI=1S/C26H26N4O2/c1-26(31)14-19(15-26)25-29-22(23-24(27)28-11-12-30(23)25)18-8-7-17-9-10-20(32-21(17)13-18)16-5-3-2-4-6-16/h2-8,11-13,19-20,31H,9-10,14-15H2,1H3,(H2,27,28)/t19?,20-,26?/m1/s1. The molecule has 0 bridgehead atoms. The minimum absolute atomic E-state index is 0.0530. The highest BCUT2D eigenvalue weighted by Gasteiger charge is 2.41. The summed E-state index contributed by atoms with van der Waals surface area (Å²) in [6.07, 6.45) is 6.99. The third kappa shape index (κ3) is 3.14. The first-order valence-corrected chi connectivity index (χ1v) is 11.2. The minimum atomic E-state index is -0.624. The number of rotatable bonds is 3. The number of anilines is 1. The molecule has 32 heavy (non-hydrogen) atoms. The summed E-state index contributed by atoms with van der Waals surface area (Å²) in [4.78, 5) is 9.32. The van der Waals surface area contributed by atoms with Crippen LogP contribution in [0.1, 0.15) is 55.2 Å². The van der Waals surface area contributed by atoms with Crippen LogP contribution in [0.5, 0.6) is 5.75 Å². The predicted molar refractivity (Wildman–Crippen MR) is 124 cm³/mol. The van der Waals surface area contributed by atoms with E-state index >= 15 is 0 Å². The van der Waals surface area contributed by atoms with Gasteiger partial charge in [-0.2, -0.15) is 0 Å². The van der Waals surface area contributed by atoms with Gasteiger partial charge in [-0.3, -0.25) is 4.40 Å². The third-order valence-electron chi connectivity index (χ3n) is 6.80. The number of nitrogen functional groups attached to an aromatic ring is 1. The predicted octanol–water partition coefficient (Wildman–Crippen LogP) is 4.67. The van der Waals surface area contributed by atoms with Gasteiger partial charge in [-0.1, -0.05) is 42.5 Å². The summed E-state index contributed by atoms with van der Waals surface area (Å²) in [5.41, 5.74) is 10.7. The number of imidazole rings is 1. The summed E-state index contributed by atoms with van der Waals surface area (Å²) in [5, 5.41) is 10.3. The van der Waals surface area contributed by atoms with Crippen molar-refractivity contribution in [3.8, 4) is 17.0 Å². The second-order valence-corrected chi connectivity index (χ2v) is 9.33. The Morgan fingerprint density at radius 3 is 2.75 bits per heavy atom. The molecule has 1 saturated carbocycles. The number of hydrogen-bond donors (Lipinski definition) is 2. The van der Waals surface area contributed by atoms with Gasteiger partial charge in [0.15, 0.2) is 0 Å². The topological polar surface area (TPSA) is 85.7 Å². The fourth-order valence-electron chi connectivity index (χ4n) is 5.18. The largest absolute Gasteiger partial charge is 0.485 e. The summed E-state index contributed by atoms with van der Waals surface area (Å²) < 4.78 is 8.45. The normalized spacial score (nSPS) is 24.6. The number of nitrogens with two attached hydrogens (primary N) is 1. The molecular formula is C26H26N4O2. The van der Waals surface area contributed by atoms with E-state index in [1.165, 1.54) is 11.1 Å². The van der Waals surface area contributed by atoms with Crippen molar-refractivity contribution in [2.24, 2.45) is 0 Å². The van der Waals surface area contributed by atoms with Crippen LogP contribution in [0.15, 0.2) is 60.9 Å². The molecular weight excluding hydrogens is 400 g/mol. The van der Waals surface area contributed by atoms with Gasteiger partial charge in [-0.25, -0.2) is 9.97 Å². The lowest BCUT2D eigenvalue weighted by Gasteiger charge is -2.40. The highest BCUT2D eigenvalue weighted by Crippen LogP contribution is 2.46. The van der Waals surface area contributed by atoms with Crippen molar-refractivity contribution < 1.29 is 9.84 Å². The van der Waals surface area contributed by atoms with Crippen LogP contribution >= 0.6 is 0 Å². The highest BCUT2D eigenvalue weighted by molar-refractivity contribution is 5.86. The third-order valence-corrected chi connectivity index (χ3v) is 6.80. The van der Waals surface area contributed by atoms with Gasteiger partial charge in [0.1, 0.15) is 34.7 Å². The van der Waals surface area contributed by atoms with Crippen LogP contribution in [-0.4, -0.2) is 25.1 Å². The molecule has 2 aliphatic rings. The first-order chi connectivity index (χ1) is 15.5. The SMILES string of the molecule is CC1(O)CC(c2nc(-c3ccc4c(c3)O[C@@H](c3ccccc3)CC4)c3c(N)nccn23)C1. The van der Waals surface area contributed by atoms with Crippen molar-refractivity contribution in [2.45, 2.75) is 50.2 Å². The molecule has 1 aliphatic carbocycles. The number of aliphatic hydroxyl groups is 1. The molecule has 3 N–H and O–H groups in total. The van der Waals surface area contributed by atoms with E-state index in [0.717, 1.165) is 41.2 Å². The molecule has 162 valence electrons. The maximum absolute atomic E-state index is 10.3. The summed E-state index contributed by atoms with van der Waals surface area (Å²) >= 11 is 0. The Labute approximate surface area is 186 Å². The molecule has 2 aromatic carbocycles. The van der Waals surface area contributed by atoms with E-state index in [9.17, 15) is 5.11 Å². The van der Waals surface area contributed by atoms with E-state index in [1.54, 1.807) is 6.20 Å². The number of nitrogens with zero attached hydrogens (tertiary/aromatic N) is 3. The lowest BCUT2D eigenvalue weighted by molar-refractivity contribution is -0.0335. The average molecular weight is 427 g/mol. The molecule has 1 fully saturated rings. The lowest BCUT2D eigenvalue weighted by atomic mass is 9.72. The Morgan fingerprint density at radius 2 is 1.97 bits per heavy atom. The summed E-state index contributed by atoms with van der Waals surface area (Å²) in [6, 6.07) is 16.7. The summed E-state index contributed by atoms with van der Waals surface area (Å²) in [6.45, 7) is 1.88. The molecule has 4 aromatic rings. The Balaban J connectivity index is 1.41. The Morgan fingerprint density at radius 1 is 1.16 bits per heavy atom. The fourth-order valence-corrected chi connectivity index (χ4v) is 5.18. The molecule has 6 heteroatoms. The van der Waals surface area contributed by atoms with Crippen molar-refractivity contribution in [2.75, 3.05) is 5.73 Å². The van der Waals surface area contributed by atoms with Crippen LogP contribution < -0.4 is 10.5 Å². The zero-order valence-corrected chi connectivity index (χ0v) is 18.0. The smallest absolute Gasteiger partial charge is 0.150 e. The van der Waals surface area contributed by atoms with Crippen LogP contribution in [0.4, 0.5) is 5.82 Å². The molecule has 2 aromatic heterocycles. The molecule has 6 rings (SSSR count). The van der Waals surface area contributed by atoms with E-state index in [2.05, 4.69) is 47.4 Å². The number of aryl methyl sites for hydroxylation is 1. The number of aromatic nitrogens is 3. The van der Waals surface area contributed by atoms with Gasteiger partial charge < -0.3 is 15.6 Å². The second kappa shape index (κ2) is 7.07. The zero-order chi connectivity index (χ0) is 21.9. The number of hydrogen-bond acceptors (Lipinski definition) is 5. The van der Waals surface area contributed by atoms with E-state index in [0.29, 0.717) is 18.7 Å². The molecule has 1 atom stereocenters. The first kappa shape index (κ1) is 19.3. The minimum Gasteiger partial charge on any atom is -0.485 e. The second-order valence-electron chi connectivity index (χ2n) is 9.33. The quantitative estimate of drug-likeness (QED) is 0.497. The van der Waals surface area contributed by atoms with Gasteiger partial charge in [0.05, 0.1) is 5.60 Å². The summed E-state index contributed by atoms with van der Waals surface area (Å²) in [5.74, 6) is 2.48. The van der Waals surface area contributed by atoms with Crippen molar-refractivity contribution in [1.82, 2.24) is 14.4 Å². The van der Waals surface area contributed by atoms with Crippen molar-refractivity contribution in [1.29, 1.82) is 0 Å². The van der Waals surface area contributed by atoms with Crippen molar-refractivity contribution >= 4 is 11.3 Å². The number of fused-ring (bicyclic) bond motifs is 2. The van der Waals surface area contributed by atoms with Crippen LogP contribution in [0.25, 0.3) is 16.8 Å². The van der Waals surface area contributed by atoms with Gasteiger partial charge in [-0.05, 0) is 49.8 Å².